The molecule has 22 heavy (non-hydrogen) atoms. The molecule has 0 radical (unpaired) electrons. The summed E-state index contributed by atoms with van der Waals surface area (Å²) in [5.41, 5.74) is 0.204. The first-order chi connectivity index (χ1) is 10.4. The third kappa shape index (κ3) is 2.88. The van der Waals surface area contributed by atoms with E-state index in [4.69, 9.17) is 4.42 Å². The molecule has 3 aromatic rings. The zero-order valence-electron chi connectivity index (χ0n) is 11.6. The molecule has 3 rings (SSSR count). The third-order valence-electron chi connectivity index (χ3n) is 3.20. The lowest BCUT2D eigenvalue weighted by Gasteiger charge is -2.06. The maximum atomic E-state index is 12.8. The van der Waals surface area contributed by atoms with Crippen molar-refractivity contribution < 1.29 is 17.6 Å². The van der Waals surface area contributed by atoms with Crippen LogP contribution in [0.25, 0.3) is 11.5 Å². The summed E-state index contributed by atoms with van der Waals surface area (Å²) in [7, 11) is 0. The number of benzene rings is 1. The van der Waals surface area contributed by atoms with Crippen LogP contribution in [0.4, 0.5) is 13.2 Å². The molecule has 0 N–H and O–H groups in total. The van der Waals surface area contributed by atoms with Crippen LogP contribution in [0.5, 0.6) is 0 Å². The number of rotatable bonds is 3. The van der Waals surface area contributed by atoms with Crippen LogP contribution in [-0.2, 0) is 12.7 Å². The van der Waals surface area contributed by atoms with Crippen molar-refractivity contribution in [3.05, 3.63) is 59.7 Å². The molecule has 114 valence electrons. The van der Waals surface area contributed by atoms with E-state index < -0.39 is 11.7 Å². The maximum absolute atomic E-state index is 12.8. The number of halogens is 3. The van der Waals surface area contributed by atoms with Crippen LogP contribution in [0.1, 0.15) is 17.0 Å². The molecule has 0 saturated heterocycles. The lowest BCUT2D eigenvalue weighted by Crippen LogP contribution is -2.04. The minimum atomic E-state index is -4.39. The van der Waals surface area contributed by atoms with Crippen LogP contribution < -0.4 is 0 Å². The quantitative estimate of drug-likeness (QED) is 0.737. The molecule has 4 nitrogen and oxygen atoms in total. The van der Waals surface area contributed by atoms with E-state index in [-0.39, 0.29) is 5.89 Å². The summed E-state index contributed by atoms with van der Waals surface area (Å²) < 4.78 is 45.4. The highest BCUT2D eigenvalue weighted by molar-refractivity contribution is 5.55. The molecule has 2 heterocycles. The van der Waals surface area contributed by atoms with Gasteiger partial charge in [-0.15, -0.1) is 0 Å². The standard InChI is InChI=1S/C15H12F3N3O/c1-10-13(9-21-7-3-6-19-21)20-14(22-10)11-4-2-5-12(8-11)15(16,17)18/h2-8H,9H2,1H3. The summed E-state index contributed by atoms with van der Waals surface area (Å²) in [5, 5.41) is 4.07. The Kier molecular flexibility index (Phi) is 3.48. The Bertz CT molecular complexity index is 776. The highest BCUT2D eigenvalue weighted by atomic mass is 19.4. The average Bonchev–Trinajstić information content (AvgIpc) is 3.09. The molecule has 0 unspecified atom stereocenters. The third-order valence-corrected chi connectivity index (χ3v) is 3.20. The van der Waals surface area contributed by atoms with Crippen LogP contribution in [-0.4, -0.2) is 14.8 Å². The lowest BCUT2D eigenvalue weighted by atomic mass is 10.1. The second-order valence-electron chi connectivity index (χ2n) is 4.80. The van der Waals surface area contributed by atoms with Gasteiger partial charge in [-0.1, -0.05) is 6.07 Å². The van der Waals surface area contributed by atoms with Gasteiger partial charge in [0.05, 0.1) is 12.1 Å². The molecule has 0 aliphatic rings. The Balaban J connectivity index is 1.93. The molecule has 0 aliphatic heterocycles. The topological polar surface area (TPSA) is 43.9 Å². The monoisotopic (exact) mass is 307 g/mol. The van der Waals surface area contributed by atoms with Crippen LogP contribution in [0.3, 0.4) is 0 Å². The fraction of sp³-hybridized carbons (Fsp3) is 0.200. The molecule has 7 heteroatoms. The van der Waals surface area contributed by atoms with Crippen LogP contribution in [0.2, 0.25) is 0 Å². The van der Waals surface area contributed by atoms with E-state index in [0.29, 0.717) is 23.6 Å². The summed E-state index contributed by atoms with van der Waals surface area (Å²) in [6.07, 6.45) is -0.975. The minimum absolute atomic E-state index is 0.172. The van der Waals surface area contributed by atoms with Gasteiger partial charge in [0, 0.05) is 18.0 Å². The van der Waals surface area contributed by atoms with Gasteiger partial charge >= 0.3 is 6.18 Å². The highest BCUT2D eigenvalue weighted by Crippen LogP contribution is 2.32. The van der Waals surface area contributed by atoms with Crippen molar-refractivity contribution in [2.75, 3.05) is 0 Å². The first kappa shape index (κ1) is 14.4. The Morgan fingerprint density at radius 1 is 1.23 bits per heavy atom. The zero-order valence-corrected chi connectivity index (χ0v) is 11.6. The summed E-state index contributed by atoms with van der Waals surface area (Å²) in [4.78, 5) is 4.28. The van der Waals surface area contributed by atoms with Gasteiger partial charge in [-0.25, -0.2) is 4.98 Å². The Labute approximate surface area is 124 Å². The second-order valence-corrected chi connectivity index (χ2v) is 4.80. The molecule has 0 spiro atoms. The zero-order chi connectivity index (χ0) is 15.7. The van der Waals surface area contributed by atoms with Gasteiger partial charge in [0.2, 0.25) is 5.89 Å². The highest BCUT2D eigenvalue weighted by Gasteiger charge is 2.30. The van der Waals surface area contributed by atoms with E-state index in [1.165, 1.54) is 12.1 Å². The molecule has 0 aliphatic carbocycles. The summed E-state index contributed by atoms with van der Waals surface area (Å²) in [5.74, 6) is 0.730. The first-order valence-electron chi connectivity index (χ1n) is 6.55. The molecule has 2 aromatic heterocycles. The van der Waals surface area contributed by atoms with Crippen LogP contribution in [0.15, 0.2) is 47.1 Å². The van der Waals surface area contributed by atoms with E-state index in [2.05, 4.69) is 10.1 Å². The lowest BCUT2D eigenvalue weighted by molar-refractivity contribution is -0.137. The number of nitrogens with zero attached hydrogens (tertiary/aromatic N) is 3. The van der Waals surface area contributed by atoms with Crippen molar-refractivity contribution >= 4 is 0 Å². The fourth-order valence-corrected chi connectivity index (χ4v) is 2.07. The summed E-state index contributed by atoms with van der Waals surface area (Å²) in [6.45, 7) is 2.13. The Morgan fingerprint density at radius 2 is 2.05 bits per heavy atom. The van der Waals surface area contributed by atoms with Gasteiger partial charge in [-0.2, -0.15) is 18.3 Å². The fourth-order valence-electron chi connectivity index (χ4n) is 2.07. The van der Waals surface area contributed by atoms with Crippen molar-refractivity contribution in [2.24, 2.45) is 0 Å². The summed E-state index contributed by atoms with van der Waals surface area (Å²) >= 11 is 0. The van der Waals surface area contributed by atoms with E-state index in [1.54, 1.807) is 30.1 Å². The second kappa shape index (κ2) is 5.32. The minimum Gasteiger partial charge on any atom is -0.441 e. The molecular weight excluding hydrogens is 295 g/mol. The van der Waals surface area contributed by atoms with Crippen molar-refractivity contribution in [3.63, 3.8) is 0 Å². The molecule has 1 aromatic carbocycles. The van der Waals surface area contributed by atoms with Gasteiger partial charge in [0.25, 0.3) is 0 Å². The van der Waals surface area contributed by atoms with E-state index in [0.717, 1.165) is 12.1 Å². The number of hydrogen-bond acceptors (Lipinski definition) is 3. The Morgan fingerprint density at radius 3 is 2.73 bits per heavy atom. The molecule has 0 atom stereocenters. The average molecular weight is 307 g/mol. The van der Waals surface area contributed by atoms with Gasteiger partial charge in [-0.05, 0) is 31.2 Å². The maximum Gasteiger partial charge on any atom is 0.416 e. The van der Waals surface area contributed by atoms with Gasteiger partial charge in [0.1, 0.15) is 11.5 Å². The number of alkyl halides is 3. The number of oxazole rings is 1. The van der Waals surface area contributed by atoms with Crippen LogP contribution in [0, 0.1) is 6.92 Å². The van der Waals surface area contributed by atoms with Crippen molar-refractivity contribution in [1.82, 2.24) is 14.8 Å². The largest absolute Gasteiger partial charge is 0.441 e. The number of aromatic nitrogens is 3. The molecular formula is C15H12F3N3O. The molecule has 0 fully saturated rings. The van der Waals surface area contributed by atoms with Gasteiger partial charge in [0.15, 0.2) is 0 Å². The van der Waals surface area contributed by atoms with Gasteiger partial charge in [-0.3, -0.25) is 4.68 Å². The number of hydrogen-bond donors (Lipinski definition) is 0. The summed E-state index contributed by atoms with van der Waals surface area (Å²) in [6, 6.07) is 6.71. The van der Waals surface area contributed by atoms with E-state index >= 15 is 0 Å². The SMILES string of the molecule is Cc1oc(-c2cccc(C(F)(F)F)c2)nc1Cn1cccn1. The predicted octanol–water partition coefficient (Wildman–Crippen LogP) is 3.91. The molecule has 0 bridgehead atoms. The van der Waals surface area contributed by atoms with Crippen molar-refractivity contribution in [3.8, 4) is 11.5 Å². The predicted molar refractivity (Wildman–Crippen MR) is 73.0 cm³/mol. The molecule has 0 amide bonds. The van der Waals surface area contributed by atoms with Crippen LogP contribution >= 0.6 is 0 Å². The smallest absolute Gasteiger partial charge is 0.416 e. The molecule has 0 saturated carbocycles. The van der Waals surface area contributed by atoms with Crippen molar-refractivity contribution in [1.29, 1.82) is 0 Å². The number of aryl methyl sites for hydroxylation is 1. The normalized spacial score (nSPS) is 11.8. The first-order valence-corrected chi connectivity index (χ1v) is 6.55. The Hall–Kier alpha value is -2.57. The van der Waals surface area contributed by atoms with Gasteiger partial charge < -0.3 is 4.42 Å². The van der Waals surface area contributed by atoms with E-state index in [9.17, 15) is 13.2 Å². The van der Waals surface area contributed by atoms with E-state index in [1.807, 2.05) is 0 Å². The van der Waals surface area contributed by atoms with Crippen molar-refractivity contribution in [2.45, 2.75) is 19.6 Å².